The van der Waals surface area contributed by atoms with E-state index in [1.165, 1.54) is 4.70 Å². The van der Waals surface area contributed by atoms with E-state index in [9.17, 15) is 9.90 Å². The highest BCUT2D eigenvalue weighted by molar-refractivity contribution is 7.17. The Hall–Kier alpha value is -2.57. The van der Waals surface area contributed by atoms with Gasteiger partial charge in [0.05, 0.1) is 12.6 Å². The minimum Gasteiger partial charge on any atom is -0.504 e. The van der Waals surface area contributed by atoms with Crippen molar-refractivity contribution in [3.63, 3.8) is 0 Å². The van der Waals surface area contributed by atoms with E-state index in [4.69, 9.17) is 4.74 Å². The number of likely N-dealkylation sites (N-methyl/N-ethyl adjacent to an activating group) is 1. The molecule has 0 saturated carbocycles. The summed E-state index contributed by atoms with van der Waals surface area (Å²) >= 11 is 1.69. The van der Waals surface area contributed by atoms with Crippen LogP contribution in [0.15, 0.2) is 41.8 Å². The van der Waals surface area contributed by atoms with Crippen LogP contribution in [0, 0.1) is 0 Å². The van der Waals surface area contributed by atoms with Crippen molar-refractivity contribution < 1.29 is 14.6 Å². The van der Waals surface area contributed by atoms with E-state index in [0.717, 1.165) is 22.1 Å². The lowest BCUT2D eigenvalue weighted by atomic mass is 10.0. The van der Waals surface area contributed by atoms with Crippen LogP contribution in [0.3, 0.4) is 0 Å². The molecule has 0 radical (unpaired) electrons. The number of hydrogen-bond donors (Lipinski definition) is 1. The van der Waals surface area contributed by atoms with Gasteiger partial charge in [-0.15, -0.1) is 11.3 Å². The van der Waals surface area contributed by atoms with Gasteiger partial charge in [-0.2, -0.15) is 0 Å². The SMILES string of the molecule is C[C@H](C(=O)N1CCOc2c(O)cc(-c3csc4ccccc34)cc2C1)N(C)C. The number of nitrogens with zero attached hydrogens (tertiary/aromatic N) is 2. The van der Waals surface area contributed by atoms with Gasteiger partial charge >= 0.3 is 0 Å². The topological polar surface area (TPSA) is 53.0 Å². The molecule has 4 rings (SSSR count). The molecule has 1 aromatic heterocycles. The highest BCUT2D eigenvalue weighted by Gasteiger charge is 2.27. The van der Waals surface area contributed by atoms with E-state index in [2.05, 4.69) is 17.5 Å². The number of rotatable bonds is 3. The first kappa shape index (κ1) is 18.8. The molecule has 5 nitrogen and oxygen atoms in total. The smallest absolute Gasteiger partial charge is 0.240 e. The standard InChI is InChI=1S/C22H24N2O3S/c1-14(23(2)3)22(26)24-8-9-27-21-16(12-24)10-15(11-19(21)25)18-13-28-20-7-5-4-6-17(18)20/h4-7,10-11,13-14,25H,8-9,12H2,1-3H3/t14-/m1/s1. The Balaban J connectivity index is 1.73. The van der Waals surface area contributed by atoms with Crippen molar-refractivity contribution in [1.82, 2.24) is 9.80 Å². The van der Waals surface area contributed by atoms with E-state index < -0.39 is 0 Å². The summed E-state index contributed by atoms with van der Waals surface area (Å²) in [6, 6.07) is 11.8. The number of aromatic hydroxyl groups is 1. The van der Waals surface area contributed by atoms with Crippen LogP contribution in [0.2, 0.25) is 0 Å². The van der Waals surface area contributed by atoms with Crippen molar-refractivity contribution in [2.24, 2.45) is 0 Å². The number of fused-ring (bicyclic) bond motifs is 2. The van der Waals surface area contributed by atoms with Gasteiger partial charge in [0.2, 0.25) is 5.91 Å². The van der Waals surface area contributed by atoms with E-state index in [1.54, 1.807) is 17.4 Å². The molecule has 6 heteroatoms. The number of carbonyl (C=O) groups excluding carboxylic acids is 1. The average Bonchev–Trinajstić information content (AvgIpc) is 2.99. The van der Waals surface area contributed by atoms with Crippen LogP contribution in [0.5, 0.6) is 11.5 Å². The zero-order chi connectivity index (χ0) is 19.8. The largest absolute Gasteiger partial charge is 0.504 e. The highest BCUT2D eigenvalue weighted by atomic mass is 32.1. The molecule has 0 bridgehead atoms. The normalized spacial score (nSPS) is 15.2. The van der Waals surface area contributed by atoms with Gasteiger partial charge in [0.25, 0.3) is 0 Å². The number of amides is 1. The molecule has 28 heavy (non-hydrogen) atoms. The Bertz CT molecular complexity index is 1030. The molecule has 1 atom stereocenters. The van der Waals surface area contributed by atoms with E-state index in [-0.39, 0.29) is 17.7 Å². The zero-order valence-corrected chi connectivity index (χ0v) is 17.1. The minimum atomic E-state index is -0.209. The van der Waals surface area contributed by atoms with Gasteiger partial charge < -0.3 is 14.7 Å². The fraction of sp³-hybridized carbons (Fsp3) is 0.318. The van der Waals surface area contributed by atoms with Crippen LogP contribution in [0.4, 0.5) is 0 Å². The number of hydrogen-bond acceptors (Lipinski definition) is 5. The fourth-order valence-corrected chi connectivity index (χ4v) is 4.50. The number of ether oxygens (including phenoxy) is 1. The second-order valence-corrected chi connectivity index (χ2v) is 8.29. The summed E-state index contributed by atoms with van der Waals surface area (Å²) in [5.74, 6) is 0.668. The lowest BCUT2D eigenvalue weighted by molar-refractivity contribution is -0.136. The quantitative estimate of drug-likeness (QED) is 0.728. The molecule has 1 amide bonds. The molecular formula is C22H24N2O3S. The molecule has 1 aliphatic heterocycles. The summed E-state index contributed by atoms with van der Waals surface area (Å²) in [6.07, 6.45) is 0. The molecule has 3 aromatic rings. The Labute approximate surface area is 168 Å². The van der Waals surface area contributed by atoms with Crippen LogP contribution in [-0.4, -0.2) is 54.1 Å². The van der Waals surface area contributed by atoms with Gasteiger partial charge in [0, 0.05) is 27.8 Å². The Morgan fingerprint density at radius 2 is 2.07 bits per heavy atom. The highest BCUT2D eigenvalue weighted by Crippen LogP contribution is 2.41. The first-order valence-corrected chi connectivity index (χ1v) is 10.2. The molecule has 0 aliphatic carbocycles. The molecule has 2 heterocycles. The third-order valence-corrected chi connectivity index (χ3v) is 6.31. The monoisotopic (exact) mass is 396 g/mol. The summed E-state index contributed by atoms with van der Waals surface area (Å²) in [6.45, 7) is 3.20. The van der Waals surface area contributed by atoms with Crippen LogP contribution in [0.1, 0.15) is 12.5 Å². The first-order valence-electron chi connectivity index (χ1n) is 9.36. The van der Waals surface area contributed by atoms with Crippen LogP contribution in [0.25, 0.3) is 21.2 Å². The van der Waals surface area contributed by atoms with Crippen molar-refractivity contribution in [3.8, 4) is 22.6 Å². The van der Waals surface area contributed by atoms with E-state index in [1.807, 2.05) is 49.0 Å². The summed E-state index contributed by atoms with van der Waals surface area (Å²) in [7, 11) is 3.80. The molecule has 0 saturated heterocycles. The third kappa shape index (κ3) is 3.34. The zero-order valence-electron chi connectivity index (χ0n) is 16.3. The minimum absolute atomic E-state index is 0.0623. The predicted molar refractivity (Wildman–Crippen MR) is 113 cm³/mol. The van der Waals surface area contributed by atoms with Crippen LogP contribution >= 0.6 is 11.3 Å². The second kappa shape index (κ2) is 7.45. The predicted octanol–water partition coefficient (Wildman–Crippen LogP) is 3.95. The van der Waals surface area contributed by atoms with Gasteiger partial charge in [-0.3, -0.25) is 9.69 Å². The van der Waals surface area contributed by atoms with Gasteiger partial charge in [-0.1, -0.05) is 18.2 Å². The maximum absolute atomic E-state index is 12.8. The van der Waals surface area contributed by atoms with Gasteiger partial charge in [-0.25, -0.2) is 0 Å². The Morgan fingerprint density at radius 1 is 1.29 bits per heavy atom. The van der Waals surface area contributed by atoms with Crippen LogP contribution in [-0.2, 0) is 11.3 Å². The summed E-state index contributed by atoms with van der Waals surface area (Å²) in [5.41, 5.74) is 2.86. The molecule has 0 spiro atoms. The van der Waals surface area contributed by atoms with Crippen molar-refractivity contribution >= 4 is 27.3 Å². The number of thiophene rings is 1. The summed E-state index contributed by atoms with van der Waals surface area (Å²) in [4.78, 5) is 16.6. The van der Waals surface area contributed by atoms with Crippen molar-refractivity contribution in [2.75, 3.05) is 27.2 Å². The fourth-order valence-electron chi connectivity index (χ4n) is 3.53. The van der Waals surface area contributed by atoms with Gasteiger partial charge in [0.1, 0.15) is 6.61 Å². The first-order chi connectivity index (χ1) is 13.5. The molecule has 1 N–H and O–H groups in total. The Kier molecular flexibility index (Phi) is 5.00. The lowest BCUT2D eigenvalue weighted by Crippen LogP contribution is -2.44. The van der Waals surface area contributed by atoms with E-state index in [0.29, 0.717) is 25.4 Å². The maximum Gasteiger partial charge on any atom is 0.240 e. The second-order valence-electron chi connectivity index (χ2n) is 7.38. The molecule has 0 unspecified atom stereocenters. The number of benzene rings is 2. The number of phenols is 1. The molecule has 1 aliphatic rings. The van der Waals surface area contributed by atoms with Gasteiger partial charge in [0.15, 0.2) is 11.5 Å². The Morgan fingerprint density at radius 3 is 2.86 bits per heavy atom. The maximum atomic E-state index is 12.8. The van der Waals surface area contributed by atoms with E-state index >= 15 is 0 Å². The molecule has 0 fully saturated rings. The molecule has 2 aromatic carbocycles. The van der Waals surface area contributed by atoms with Crippen molar-refractivity contribution in [2.45, 2.75) is 19.5 Å². The van der Waals surface area contributed by atoms with Crippen molar-refractivity contribution in [3.05, 3.63) is 47.3 Å². The van der Waals surface area contributed by atoms with Crippen molar-refractivity contribution in [1.29, 1.82) is 0 Å². The lowest BCUT2D eigenvalue weighted by Gasteiger charge is -2.27. The number of phenolic OH excluding ortho intramolecular Hbond substituents is 1. The number of carbonyl (C=O) groups is 1. The van der Waals surface area contributed by atoms with Crippen LogP contribution < -0.4 is 4.74 Å². The summed E-state index contributed by atoms with van der Waals surface area (Å²) < 4.78 is 7.01. The summed E-state index contributed by atoms with van der Waals surface area (Å²) in [5, 5.41) is 13.9. The average molecular weight is 397 g/mol. The third-order valence-electron chi connectivity index (χ3n) is 5.35. The molecular weight excluding hydrogens is 372 g/mol. The molecule has 146 valence electrons. The van der Waals surface area contributed by atoms with Gasteiger partial charge in [-0.05, 0) is 50.2 Å².